The van der Waals surface area contributed by atoms with E-state index in [1.165, 1.54) is 24.4 Å². The quantitative estimate of drug-likeness (QED) is 0.298. The molecule has 9 nitrogen and oxygen atoms in total. The van der Waals surface area contributed by atoms with Gasteiger partial charge in [-0.05, 0) is 80.9 Å². The Labute approximate surface area is 211 Å². The molecule has 2 N–H and O–H groups in total. The minimum atomic E-state index is -4.05. The van der Waals surface area contributed by atoms with Gasteiger partial charge < -0.3 is 14.6 Å². The average molecular weight is 512 g/mol. The molecule has 36 heavy (non-hydrogen) atoms. The smallest absolute Gasteiger partial charge is 0.264 e. The first-order chi connectivity index (χ1) is 17.2. The zero-order valence-electron chi connectivity index (χ0n) is 20.3. The number of ether oxygens (including phenoxy) is 2. The highest BCUT2D eigenvalue weighted by molar-refractivity contribution is 7.92. The van der Waals surface area contributed by atoms with Crippen molar-refractivity contribution in [2.75, 3.05) is 24.1 Å². The average Bonchev–Trinajstić information content (AvgIpc) is 2.86. The summed E-state index contributed by atoms with van der Waals surface area (Å²) in [5, 5.41) is 13.7. The van der Waals surface area contributed by atoms with E-state index in [9.17, 15) is 18.3 Å². The molecule has 0 aliphatic rings. The van der Waals surface area contributed by atoms with Crippen LogP contribution in [-0.4, -0.2) is 45.4 Å². The molecule has 0 radical (unpaired) electrons. The third-order valence-corrected chi connectivity index (χ3v) is 6.81. The normalized spacial score (nSPS) is 11.3. The van der Waals surface area contributed by atoms with Gasteiger partial charge >= 0.3 is 0 Å². The number of aryl methyl sites for hydroxylation is 1. The molecule has 0 saturated carbocycles. The van der Waals surface area contributed by atoms with Crippen LogP contribution in [-0.2, 0) is 14.8 Å². The van der Waals surface area contributed by atoms with Gasteiger partial charge in [0.2, 0.25) is 0 Å². The Morgan fingerprint density at radius 3 is 2.31 bits per heavy atom. The molecular formula is C26H29N3O6S. The molecule has 3 aromatic carbocycles. The second-order valence-corrected chi connectivity index (χ2v) is 9.57. The summed E-state index contributed by atoms with van der Waals surface area (Å²) >= 11 is 0. The van der Waals surface area contributed by atoms with Gasteiger partial charge in [-0.1, -0.05) is 17.7 Å². The molecule has 0 aliphatic heterocycles. The van der Waals surface area contributed by atoms with Gasteiger partial charge in [-0.3, -0.25) is 9.10 Å². The zero-order chi connectivity index (χ0) is 26.1. The van der Waals surface area contributed by atoms with Crippen LogP contribution >= 0.6 is 0 Å². The molecule has 3 aromatic rings. The van der Waals surface area contributed by atoms with Crippen LogP contribution in [0, 0.1) is 6.92 Å². The highest BCUT2D eigenvalue weighted by Gasteiger charge is 2.27. The molecule has 0 unspecified atom stereocenters. The summed E-state index contributed by atoms with van der Waals surface area (Å²) in [7, 11) is -4.05. The summed E-state index contributed by atoms with van der Waals surface area (Å²) in [4.78, 5) is 12.8. The Hall–Kier alpha value is -4.05. The van der Waals surface area contributed by atoms with Gasteiger partial charge in [0.1, 0.15) is 12.3 Å². The van der Waals surface area contributed by atoms with Gasteiger partial charge in [0.25, 0.3) is 15.9 Å². The maximum atomic E-state index is 13.5. The van der Waals surface area contributed by atoms with E-state index in [2.05, 4.69) is 10.5 Å². The van der Waals surface area contributed by atoms with Crippen LogP contribution in [0.25, 0.3) is 0 Å². The van der Waals surface area contributed by atoms with Gasteiger partial charge in [-0.25, -0.2) is 13.8 Å². The molecule has 3 rings (SSSR count). The van der Waals surface area contributed by atoms with Crippen molar-refractivity contribution >= 4 is 27.8 Å². The molecule has 0 saturated heterocycles. The van der Waals surface area contributed by atoms with E-state index in [1.54, 1.807) is 55.5 Å². The van der Waals surface area contributed by atoms with Gasteiger partial charge in [0.05, 0.1) is 30.0 Å². The number of hydrazone groups is 1. The van der Waals surface area contributed by atoms with Crippen LogP contribution in [0.1, 0.15) is 25.0 Å². The van der Waals surface area contributed by atoms with Crippen molar-refractivity contribution in [2.24, 2.45) is 5.10 Å². The molecule has 1 amide bonds. The third-order valence-electron chi connectivity index (χ3n) is 5.02. The van der Waals surface area contributed by atoms with E-state index < -0.39 is 22.5 Å². The summed E-state index contributed by atoms with van der Waals surface area (Å²) in [6, 6.07) is 17.5. The summed E-state index contributed by atoms with van der Waals surface area (Å²) in [5.41, 5.74) is 4.15. The van der Waals surface area contributed by atoms with Crippen molar-refractivity contribution in [1.29, 1.82) is 0 Å². The van der Waals surface area contributed by atoms with E-state index in [4.69, 9.17) is 9.47 Å². The summed E-state index contributed by atoms with van der Waals surface area (Å²) in [6.45, 7) is 5.85. The van der Waals surface area contributed by atoms with Crippen LogP contribution in [0.2, 0.25) is 0 Å². The van der Waals surface area contributed by atoms with E-state index in [0.717, 1.165) is 9.87 Å². The third kappa shape index (κ3) is 6.76. The number of nitrogens with one attached hydrogen (secondary N) is 1. The Bertz CT molecular complexity index is 1310. The standard InChI is InChI=1S/C26H29N3O6S/c1-4-34-22-11-9-21(10-12-22)29(36(32,33)23-13-6-19(3)7-14-23)18-26(31)28-27-17-20-8-15-24(30)25(16-20)35-5-2/h6-17,30H,4-5,18H2,1-3H3,(H,28,31)/b27-17-. The fourth-order valence-corrected chi connectivity index (χ4v) is 4.68. The minimum Gasteiger partial charge on any atom is -0.504 e. The first kappa shape index (κ1) is 26.6. The number of anilines is 1. The lowest BCUT2D eigenvalue weighted by atomic mass is 10.2. The number of amides is 1. The lowest BCUT2D eigenvalue weighted by molar-refractivity contribution is -0.119. The highest BCUT2D eigenvalue weighted by atomic mass is 32.2. The molecule has 0 bridgehead atoms. The fourth-order valence-electron chi connectivity index (χ4n) is 3.25. The number of rotatable bonds is 11. The molecule has 10 heteroatoms. The molecule has 0 spiro atoms. The molecule has 0 aromatic heterocycles. The van der Waals surface area contributed by atoms with E-state index in [0.29, 0.717) is 36.0 Å². The first-order valence-corrected chi connectivity index (χ1v) is 12.8. The second kappa shape index (κ2) is 12.1. The number of aromatic hydroxyl groups is 1. The second-order valence-electron chi connectivity index (χ2n) is 7.71. The number of nitrogens with zero attached hydrogens (tertiary/aromatic N) is 2. The van der Waals surface area contributed by atoms with Crippen molar-refractivity contribution in [3.05, 3.63) is 77.9 Å². The summed E-state index contributed by atoms with van der Waals surface area (Å²) in [6.07, 6.45) is 1.37. The van der Waals surface area contributed by atoms with Gasteiger partial charge in [-0.2, -0.15) is 5.10 Å². The maximum absolute atomic E-state index is 13.5. The number of carbonyl (C=O) groups is 1. The van der Waals surface area contributed by atoms with Crippen LogP contribution in [0.5, 0.6) is 17.2 Å². The number of phenols is 1. The summed E-state index contributed by atoms with van der Waals surface area (Å²) in [5.74, 6) is 0.229. The molecule has 0 fully saturated rings. The number of hydrogen-bond acceptors (Lipinski definition) is 7. The number of carbonyl (C=O) groups excluding carboxylic acids is 1. The number of benzene rings is 3. The molecule has 190 valence electrons. The molecule has 0 atom stereocenters. The topological polar surface area (TPSA) is 118 Å². The van der Waals surface area contributed by atoms with E-state index in [1.807, 2.05) is 13.8 Å². The summed E-state index contributed by atoms with van der Waals surface area (Å²) < 4.78 is 38.7. The monoisotopic (exact) mass is 511 g/mol. The highest BCUT2D eigenvalue weighted by Crippen LogP contribution is 2.27. The number of sulfonamides is 1. The fraction of sp³-hybridized carbons (Fsp3) is 0.231. The first-order valence-electron chi connectivity index (χ1n) is 11.3. The number of phenolic OH excluding ortho intramolecular Hbond substituents is 1. The maximum Gasteiger partial charge on any atom is 0.264 e. The van der Waals surface area contributed by atoms with Gasteiger partial charge in [0.15, 0.2) is 11.5 Å². The van der Waals surface area contributed by atoms with Crippen LogP contribution in [0.3, 0.4) is 0 Å². The Kier molecular flexibility index (Phi) is 8.91. The molecule has 0 heterocycles. The minimum absolute atomic E-state index is 0.00894. The van der Waals surface area contributed by atoms with Gasteiger partial charge in [0, 0.05) is 0 Å². The molecular weight excluding hydrogens is 482 g/mol. The predicted octanol–water partition coefficient (Wildman–Crippen LogP) is 3.84. The number of hydrogen-bond donors (Lipinski definition) is 2. The Morgan fingerprint density at radius 1 is 1.00 bits per heavy atom. The van der Waals surface area contributed by atoms with Crippen molar-refractivity contribution in [3.63, 3.8) is 0 Å². The SMILES string of the molecule is CCOc1ccc(N(CC(=O)N/N=C\c2ccc(O)c(OCC)c2)S(=O)(=O)c2ccc(C)cc2)cc1. The van der Waals surface area contributed by atoms with Crippen molar-refractivity contribution in [3.8, 4) is 17.2 Å². The largest absolute Gasteiger partial charge is 0.504 e. The van der Waals surface area contributed by atoms with E-state index in [-0.39, 0.29) is 10.6 Å². The Morgan fingerprint density at radius 2 is 1.67 bits per heavy atom. The van der Waals surface area contributed by atoms with Crippen LogP contribution < -0.4 is 19.2 Å². The van der Waals surface area contributed by atoms with Crippen molar-refractivity contribution in [1.82, 2.24) is 5.43 Å². The lowest BCUT2D eigenvalue weighted by Crippen LogP contribution is -2.39. The van der Waals surface area contributed by atoms with Crippen LogP contribution in [0.15, 0.2) is 76.7 Å². The molecule has 0 aliphatic carbocycles. The van der Waals surface area contributed by atoms with E-state index >= 15 is 0 Å². The lowest BCUT2D eigenvalue weighted by Gasteiger charge is -2.24. The van der Waals surface area contributed by atoms with Crippen LogP contribution in [0.4, 0.5) is 5.69 Å². The zero-order valence-corrected chi connectivity index (χ0v) is 21.2. The van der Waals surface area contributed by atoms with Crippen molar-refractivity contribution < 1.29 is 27.8 Å². The van der Waals surface area contributed by atoms with Gasteiger partial charge in [-0.15, -0.1) is 0 Å². The Balaban J connectivity index is 1.82. The predicted molar refractivity (Wildman–Crippen MR) is 138 cm³/mol. The van der Waals surface area contributed by atoms with Crippen molar-refractivity contribution in [2.45, 2.75) is 25.7 Å².